The molecule has 0 aliphatic heterocycles. The van der Waals surface area contributed by atoms with Crippen LogP contribution in [0.2, 0.25) is 0 Å². The highest BCUT2D eigenvalue weighted by molar-refractivity contribution is 7.47. The second-order valence-electron chi connectivity index (χ2n) is 22.5. The van der Waals surface area contributed by atoms with Crippen molar-refractivity contribution >= 4 is 33.6 Å². The number of rotatable bonds is 64. The van der Waals surface area contributed by atoms with Crippen molar-refractivity contribution in [1.29, 1.82) is 0 Å². The van der Waals surface area contributed by atoms with Gasteiger partial charge in [0.15, 0.2) is 6.10 Å². The summed E-state index contributed by atoms with van der Waals surface area (Å²) in [5.74, 6) is -1.65. The van der Waals surface area contributed by atoms with Crippen molar-refractivity contribution in [2.75, 3.05) is 39.6 Å². The molecule has 0 amide bonds. The van der Waals surface area contributed by atoms with Crippen LogP contribution in [0.4, 0.5) is 0 Å². The van der Waals surface area contributed by atoms with Gasteiger partial charge in [0.1, 0.15) is 25.4 Å². The van der Waals surface area contributed by atoms with Gasteiger partial charge in [-0.2, -0.15) is 0 Å². The SMILES string of the molecule is CC/C=C\C/C=C\C/C=C\C/C=C\C/C=C\CCCCCCCC(=O)OCC(O)COP(=O)(O)OCC(O)COP(=O)(O)OCC(COC(=O)CCCCCCC/C=C\C/C=C\C/C=C\C/C=C\C/C=C\CC)OC(=O)CCCCCCC/C=C\C/C=C\C/C=C\CC. The second-order valence-corrected chi connectivity index (χ2v) is 25.4. The molecule has 528 valence electrons. The molecule has 0 radical (unpaired) electrons. The molecule has 0 spiro atoms. The lowest BCUT2D eigenvalue weighted by atomic mass is 10.1. The van der Waals surface area contributed by atoms with Crippen molar-refractivity contribution in [2.24, 2.45) is 0 Å². The third-order valence-corrected chi connectivity index (χ3v) is 15.6. The monoisotopic (exact) mass is 1340 g/mol. The molecule has 0 saturated carbocycles. The van der Waals surface area contributed by atoms with Crippen LogP contribution in [0.5, 0.6) is 0 Å². The molecule has 0 rings (SSSR count). The van der Waals surface area contributed by atoms with Gasteiger partial charge in [-0.1, -0.05) is 237 Å². The van der Waals surface area contributed by atoms with Gasteiger partial charge in [0.05, 0.1) is 26.4 Å². The summed E-state index contributed by atoms with van der Waals surface area (Å²) < 4.78 is 60.9. The second kappa shape index (κ2) is 67.2. The van der Waals surface area contributed by atoms with E-state index in [1.165, 1.54) is 0 Å². The summed E-state index contributed by atoms with van der Waals surface area (Å²) in [7, 11) is -9.81. The Labute approximate surface area is 561 Å². The van der Waals surface area contributed by atoms with E-state index >= 15 is 0 Å². The molecule has 18 heteroatoms. The lowest BCUT2D eigenvalue weighted by Gasteiger charge is -2.21. The summed E-state index contributed by atoms with van der Waals surface area (Å²) in [5, 5.41) is 20.6. The van der Waals surface area contributed by atoms with Crippen LogP contribution in [-0.4, -0.2) is 95.9 Å². The van der Waals surface area contributed by atoms with E-state index in [9.17, 15) is 43.5 Å². The molecular weight excluding hydrogens is 1220 g/mol. The Morgan fingerprint density at radius 1 is 0.301 bits per heavy atom. The number of ether oxygens (including phenoxy) is 3. The molecule has 4 N–H and O–H groups in total. The van der Waals surface area contributed by atoms with Gasteiger partial charge >= 0.3 is 33.6 Å². The van der Waals surface area contributed by atoms with Crippen LogP contribution in [0.15, 0.2) is 158 Å². The van der Waals surface area contributed by atoms with Crippen LogP contribution in [0.3, 0.4) is 0 Å². The standard InChI is InChI=1S/C75H122O16P2/c1-4-7-10-13-16-19-22-25-28-30-32-34-36-38-41-43-46-49-52-55-58-61-73(78)85-64-70(76)65-87-92(81,82)88-66-71(77)67-89-93(83,84)90-69-72(91-75(80)63-60-57-54-51-48-45-40-27-24-21-18-15-12-9-6-3)68-86-74(79)62-59-56-53-50-47-44-42-39-37-35-33-31-29-26-23-20-17-14-11-8-5-2/h7-12,16-21,25-29,32-35,38-42,70-72,76-77H,4-6,13-15,22-24,30-31,36-37,43-69H2,1-3H3,(H,81,82)(H,83,84)/b10-7-,11-8-,12-9-,19-16-,20-17-,21-18-,28-25-,29-26-,34-32-,35-33-,40-27-,41-38-,42-39-. The fourth-order valence-corrected chi connectivity index (χ4v) is 10.1. The van der Waals surface area contributed by atoms with Crippen LogP contribution in [0.1, 0.15) is 239 Å². The third-order valence-electron chi connectivity index (χ3n) is 13.7. The average Bonchev–Trinajstić information content (AvgIpc) is 3.71. The van der Waals surface area contributed by atoms with E-state index < -0.39 is 91.5 Å². The fourth-order valence-electron chi connectivity index (χ4n) is 8.52. The van der Waals surface area contributed by atoms with Gasteiger partial charge in [0, 0.05) is 19.3 Å². The highest BCUT2D eigenvalue weighted by atomic mass is 31.2. The normalized spacial score (nSPS) is 15.1. The zero-order valence-corrected chi connectivity index (χ0v) is 58.9. The first-order chi connectivity index (χ1) is 45.2. The lowest BCUT2D eigenvalue weighted by Crippen LogP contribution is -2.30. The van der Waals surface area contributed by atoms with E-state index in [0.29, 0.717) is 19.3 Å². The molecule has 0 aromatic carbocycles. The van der Waals surface area contributed by atoms with E-state index in [2.05, 4.69) is 179 Å². The van der Waals surface area contributed by atoms with Crippen LogP contribution < -0.4 is 0 Å². The fraction of sp³-hybridized carbons (Fsp3) is 0.613. The van der Waals surface area contributed by atoms with E-state index in [-0.39, 0.29) is 19.3 Å². The summed E-state index contributed by atoms with van der Waals surface area (Å²) >= 11 is 0. The highest BCUT2D eigenvalue weighted by Crippen LogP contribution is 2.45. The Morgan fingerprint density at radius 2 is 0.538 bits per heavy atom. The predicted molar refractivity (Wildman–Crippen MR) is 380 cm³/mol. The van der Waals surface area contributed by atoms with E-state index in [1.807, 2.05) is 0 Å². The van der Waals surface area contributed by atoms with Crippen molar-refractivity contribution in [3.05, 3.63) is 158 Å². The Hall–Kier alpha value is -4.83. The number of aliphatic hydroxyl groups excluding tert-OH is 2. The van der Waals surface area contributed by atoms with Crippen LogP contribution in [0, 0.1) is 0 Å². The summed E-state index contributed by atoms with van der Waals surface area (Å²) in [6.07, 6.45) is 81.4. The van der Waals surface area contributed by atoms with Crippen molar-refractivity contribution in [2.45, 2.75) is 257 Å². The van der Waals surface area contributed by atoms with Gasteiger partial charge in [-0.3, -0.25) is 32.5 Å². The Bertz CT molecular complexity index is 2320. The zero-order valence-electron chi connectivity index (χ0n) is 57.1. The Balaban J connectivity index is 4.73. The lowest BCUT2D eigenvalue weighted by molar-refractivity contribution is -0.161. The quantitative estimate of drug-likeness (QED) is 0.0146. The summed E-state index contributed by atoms with van der Waals surface area (Å²) in [6, 6.07) is 0. The maximum absolute atomic E-state index is 12.9. The number of allylic oxidation sites excluding steroid dienone is 26. The maximum Gasteiger partial charge on any atom is 0.472 e. The van der Waals surface area contributed by atoms with Crippen molar-refractivity contribution in [3.63, 3.8) is 0 Å². The predicted octanol–water partition coefficient (Wildman–Crippen LogP) is 19.5. The third kappa shape index (κ3) is 68.4. The first kappa shape index (κ1) is 88.2. The number of carbonyl (C=O) groups excluding carboxylic acids is 3. The van der Waals surface area contributed by atoms with Crippen LogP contribution in [-0.2, 0) is 55.8 Å². The minimum absolute atomic E-state index is 0.0739. The first-order valence-electron chi connectivity index (χ1n) is 34.8. The summed E-state index contributed by atoms with van der Waals surface area (Å²) in [5.41, 5.74) is 0. The molecule has 5 unspecified atom stereocenters. The number of esters is 3. The molecule has 0 bridgehead atoms. The Kier molecular flexibility index (Phi) is 63.7. The van der Waals surface area contributed by atoms with Crippen LogP contribution in [0.25, 0.3) is 0 Å². The van der Waals surface area contributed by atoms with E-state index in [0.717, 1.165) is 180 Å². The highest BCUT2D eigenvalue weighted by Gasteiger charge is 2.29. The number of aliphatic hydroxyl groups is 2. The number of unbranched alkanes of at least 4 members (excludes halogenated alkanes) is 15. The van der Waals surface area contributed by atoms with Gasteiger partial charge in [-0.25, -0.2) is 9.13 Å². The molecule has 5 atom stereocenters. The molecule has 0 fully saturated rings. The number of phosphoric ester groups is 2. The topological polar surface area (TPSA) is 231 Å². The number of hydrogen-bond donors (Lipinski definition) is 4. The average molecular weight is 1340 g/mol. The summed E-state index contributed by atoms with van der Waals surface area (Å²) in [4.78, 5) is 58.4. The molecule has 16 nitrogen and oxygen atoms in total. The maximum atomic E-state index is 12.9. The zero-order chi connectivity index (χ0) is 68.1. The van der Waals surface area contributed by atoms with Gasteiger partial charge in [0.25, 0.3) is 0 Å². The van der Waals surface area contributed by atoms with Crippen LogP contribution >= 0.6 is 15.6 Å². The molecule has 0 saturated heterocycles. The first-order valence-corrected chi connectivity index (χ1v) is 37.8. The molecule has 0 heterocycles. The van der Waals surface area contributed by atoms with Gasteiger partial charge in [0.2, 0.25) is 0 Å². The molecule has 0 aliphatic rings. The molecular formula is C75H122O16P2. The molecule has 0 aromatic heterocycles. The van der Waals surface area contributed by atoms with Crippen molar-refractivity contribution in [3.8, 4) is 0 Å². The van der Waals surface area contributed by atoms with E-state index in [4.69, 9.17) is 32.3 Å². The van der Waals surface area contributed by atoms with Crippen molar-refractivity contribution < 1.29 is 75.8 Å². The summed E-state index contributed by atoms with van der Waals surface area (Å²) in [6.45, 7) is 2.23. The molecule has 0 aromatic rings. The molecule has 0 aliphatic carbocycles. The number of phosphoric acid groups is 2. The van der Waals surface area contributed by atoms with Gasteiger partial charge in [-0.15, -0.1) is 0 Å². The minimum atomic E-state index is -4.94. The Morgan fingerprint density at radius 3 is 0.849 bits per heavy atom. The number of hydrogen-bond acceptors (Lipinski definition) is 14. The van der Waals surface area contributed by atoms with Gasteiger partial charge in [-0.05, 0) is 141 Å². The smallest absolute Gasteiger partial charge is 0.463 e. The van der Waals surface area contributed by atoms with Crippen molar-refractivity contribution in [1.82, 2.24) is 0 Å². The number of carbonyl (C=O) groups is 3. The minimum Gasteiger partial charge on any atom is -0.463 e. The van der Waals surface area contributed by atoms with Gasteiger partial charge < -0.3 is 34.2 Å². The largest absolute Gasteiger partial charge is 0.472 e. The molecule has 93 heavy (non-hydrogen) atoms. The van der Waals surface area contributed by atoms with E-state index in [1.54, 1.807) is 0 Å².